The topological polar surface area (TPSA) is 68.0 Å². The van der Waals surface area contributed by atoms with Gasteiger partial charge in [0.2, 0.25) is 0 Å². The van der Waals surface area contributed by atoms with Crippen LogP contribution in [0.4, 0.5) is 19.0 Å². The van der Waals surface area contributed by atoms with Gasteiger partial charge >= 0.3 is 6.18 Å². The average molecular weight is 297 g/mol. The van der Waals surface area contributed by atoms with Gasteiger partial charge in [-0.25, -0.2) is 4.98 Å². The van der Waals surface area contributed by atoms with Crippen LogP contribution in [0.15, 0.2) is 30.3 Å². The Kier molecular flexibility index (Phi) is 4.02. The van der Waals surface area contributed by atoms with E-state index in [9.17, 15) is 18.0 Å². The van der Waals surface area contributed by atoms with Gasteiger partial charge in [-0.3, -0.25) is 4.79 Å². The molecule has 0 aliphatic heterocycles. The third kappa shape index (κ3) is 3.84. The van der Waals surface area contributed by atoms with Gasteiger partial charge in [0.1, 0.15) is 5.82 Å². The van der Waals surface area contributed by atoms with Crippen LogP contribution in [0.1, 0.15) is 23.7 Å². The highest BCUT2D eigenvalue weighted by molar-refractivity contribution is 6.06. The number of aromatic nitrogens is 1. The molecule has 0 radical (unpaired) electrons. The fourth-order valence-corrected chi connectivity index (χ4v) is 2.08. The molecule has 0 fully saturated rings. The number of carbonyl (C=O) groups is 1. The predicted octanol–water partition coefficient (Wildman–Crippen LogP) is 2.89. The van der Waals surface area contributed by atoms with Crippen LogP contribution in [-0.4, -0.2) is 23.1 Å². The summed E-state index contributed by atoms with van der Waals surface area (Å²) in [5.74, 6) is -0.459. The van der Waals surface area contributed by atoms with Gasteiger partial charge in [-0.05, 0) is 19.1 Å². The Morgan fingerprint density at radius 2 is 2.05 bits per heavy atom. The minimum absolute atomic E-state index is 0.141. The fraction of sp³-hybridized carbons (Fsp3) is 0.286. The van der Waals surface area contributed by atoms with E-state index in [4.69, 9.17) is 5.73 Å². The van der Waals surface area contributed by atoms with Crippen molar-refractivity contribution in [3.63, 3.8) is 0 Å². The molecule has 1 unspecified atom stereocenters. The zero-order chi connectivity index (χ0) is 15.6. The van der Waals surface area contributed by atoms with Crippen molar-refractivity contribution in [3.05, 3.63) is 35.9 Å². The van der Waals surface area contributed by atoms with E-state index < -0.39 is 24.5 Å². The summed E-state index contributed by atoms with van der Waals surface area (Å²) in [4.78, 5) is 16.2. The summed E-state index contributed by atoms with van der Waals surface area (Å²) < 4.78 is 36.9. The Labute approximate surface area is 119 Å². The maximum atomic E-state index is 12.3. The minimum Gasteiger partial charge on any atom is -0.384 e. The van der Waals surface area contributed by atoms with Crippen molar-refractivity contribution < 1.29 is 18.0 Å². The van der Waals surface area contributed by atoms with E-state index >= 15 is 0 Å². The number of alkyl halides is 3. The number of hydrogen-bond acceptors (Lipinski definition) is 3. The molecule has 1 aromatic carbocycles. The molecule has 0 saturated heterocycles. The smallest absolute Gasteiger partial charge is 0.384 e. The van der Waals surface area contributed by atoms with E-state index in [2.05, 4.69) is 10.3 Å². The van der Waals surface area contributed by atoms with Gasteiger partial charge in [-0.2, -0.15) is 13.2 Å². The van der Waals surface area contributed by atoms with Crippen LogP contribution in [0.2, 0.25) is 0 Å². The Balaban J connectivity index is 2.27. The first kappa shape index (κ1) is 15.1. The first-order chi connectivity index (χ1) is 9.76. The molecule has 1 heterocycles. The normalized spacial score (nSPS) is 13.1. The van der Waals surface area contributed by atoms with E-state index in [1.165, 1.54) is 13.0 Å². The SMILES string of the molecule is CC(CC(F)(F)F)NC(=O)c1cc(N)nc2ccccc12. The third-order valence-electron chi connectivity index (χ3n) is 2.90. The van der Waals surface area contributed by atoms with Crippen LogP contribution in [0.3, 0.4) is 0 Å². The summed E-state index contributed by atoms with van der Waals surface area (Å²) in [6, 6.07) is 7.15. The number of halogens is 3. The van der Waals surface area contributed by atoms with Gasteiger partial charge in [0.25, 0.3) is 5.91 Å². The predicted molar refractivity (Wildman–Crippen MR) is 73.8 cm³/mol. The molecule has 1 amide bonds. The molecular formula is C14H14F3N3O. The van der Waals surface area contributed by atoms with Crippen LogP contribution in [0, 0.1) is 0 Å². The lowest BCUT2D eigenvalue weighted by Gasteiger charge is -2.16. The highest BCUT2D eigenvalue weighted by Gasteiger charge is 2.30. The fourth-order valence-electron chi connectivity index (χ4n) is 2.08. The number of nitrogens with two attached hydrogens (primary N) is 1. The third-order valence-corrected chi connectivity index (χ3v) is 2.90. The minimum atomic E-state index is -4.33. The molecule has 7 heteroatoms. The van der Waals surface area contributed by atoms with Gasteiger partial charge in [-0.1, -0.05) is 18.2 Å². The van der Waals surface area contributed by atoms with Gasteiger partial charge in [0, 0.05) is 11.4 Å². The molecule has 0 bridgehead atoms. The highest BCUT2D eigenvalue weighted by atomic mass is 19.4. The lowest BCUT2D eigenvalue weighted by atomic mass is 10.1. The van der Waals surface area contributed by atoms with E-state index in [1.807, 2.05) is 0 Å². The largest absolute Gasteiger partial charge is 0.391 e. The quantitative estimate of drug-likeness (QED) is 0.915. The summed E-state index contributed by atoms with van der Waals surface area (Å²) in [5.41, 5.74) is 6.36. The molecule has 0 aliphatic rings. The van der Waals surface area contributed by atoms with Crippen LogP contribution >= 0.6 is 0 Å². The molecule has 21 heavy (non-hydrogen) atoms. The van der Waals surface area contributed by atoms with Gasteiger partial charge in [0.15, 0.2) is 0 Å². The van der Waals surface area contributed by atoms with E-state index in [1.54, 1.807) is 24.3 Å². The number of nitrogens with one attached hydrogen (secondary N) is 1. The van der Waals surface area contributed by atoms with E-state index in [0.29, 0.717) is 10.9 Å². The monoisotopic (exact) mass is 297 g/mol. The van der Waals surface area contributed by atoms with Gasteiger partial charge in [0.05, 0.1) is 17.5 Å². The number of carbonyl (C=O) groups excluding carboxylic acids is 1. The first-order valence-electron chi connectivity index (χ1n) is 6.29. The molecule has 4 nitrogen and oxygen atoms in total. The number of rotatable bonds is 3. The maximum absolute atomic E-state index is 12.3. The van der Waals surface area contributed by atoms with E-state index in [0.717, 1.165) is 0 Å². The maximum Gasteiger partial charge on any atom is 0.391 e. The number of amides is 1. The second-order valence-electron chi connectivity index (χ2n) is 4.81. The number of pyridine rings is 1. The molecule has 0 spiro atoms. The Morgan fingerprint density at radius 1 is 1.38 bits per heavy atom. The molecule has 2 rings (SSSR count). The second kappa shape index (κ2) is 5.59. The zero-order valence-electron chi connectivity index (χ0n) is 11.2. The van der Waals surface area contributed by atoms with Crippen LogP contribution < -0.4 is 11.1 Å². The molecule has 2 aromatic rings. The lowest BCUT2D eigenvalue weighted by molar-refractivity contribution is -0.138. The van der Waals surface area contributed by atoms with Crippen molar-refractivity contribution in [2.24, 2.45) is 0 Å². The molecular weight excluding hydrogens is 283 g/mol. The number of para-hydroxylation sites is 1. The number of anilines is 1. The molecule has 1 atom stereocenters. The Hall–Kier alpha value is -2.31. The number of benzene rings is 1. The summed E-state index contributed by atoms with van der Waals surface area (Å²) >= 11 is 0. The highest BCUT2D eigenvalue weighted by Crippen LogP contribution is 2.23. The van der Waals surface area contributed by atoms with Crippen molar-refractivity contribution >= 4 is 22.6 Å². The van der Waals surface area contributed by atoms with E-state index in [-0.39, 0.29) is 11.4 Å². The van der Waals surface area contributed by atoms with Crippen molar-refractivity contribution in [2.75, 3.05) is 5.73 Å². The summed E-state index contributed by atoms with van der Waals surface area (Å²) in [6.07, 6.45) is -5.41. The van der Waals surface area contributed by atoms with Crippen molar-refractivity contribution in [2.45, 2.75) is 25.6 Å². The van der Waals surface area contributed by atoms with Gasteiger partial charge < -0.3 is 11.1 Å². The number of nitrogens with zero attached hydrogens (tertiary/aromatic N) is 1. The standard InChI is InChI=1S/C14H14F3N3O/c1-8(7-14(15,16)17)19-13(21)10-6-12(18)20-11-5-3-2-4-9(10)11/h2-6,8H,7H2,1H3,(H2,18,20)(H,19,21). The van der Waals surface area contributed by atoms with Crippen LogP contribution in [-0.2, 0) is 0 Å². The molecule has 112 valence electrons. The number of nitrogen functional groups attached to an aromatic ring is 1. The number of fused-ring (bicyclic) bond motifs is 1. The van der Waals surface area contributed by atoms with Crippen molar-refractivity contribution in [1.29, 1.82) is 0 Å². The van der Waals surface area contributed by atoms with Crippen molar-refractivity contribution in [1.82, 2.24) is 10.3 Å². The van der Waals surface area contributed by atoms with Crippen LogP contribution in [0.25, 0.3) is 10.9 Å². The molecule has 0 aliphatic carbocycles. The number of hydrogen-bond donors (Lipinski definition) is 2. The second-order valence-corrected chi connectivity index (χ2v) is 4.81. The zero-order valence-corrected chi connectivity index (χ0v) is 11.2. The Bertz CT molecular complexity index is 670. The summed E-state index contributed by atoms with van der Waals surface area (Å²) in [7, 11) is 0. The molecule has 1 aromatic heterocycles. The summed E-state index contributed by atoms with van der Waals surface area (Å²) in [5, 5.41) is 2.87. The Morgan fingerprint density at radius 3 is 2.71 bits per heavy atom. The summed E-state index contributed by atoms with van der Waals surface area (Å²) in [6.45, 7) is 1.30. The van der Waals surface area contributed by atoms with Gasteiger partial charge in [-0.15, -0.1) is 0 Å². The first-order valence-corrected chi connectivity index (χ1v) is 6.29. The average Bonchev–Trinajstić information content (AvgIpc) is 2.35. The molecule has 0 saturated carbocycles. The molecule has 3 N–H and O–H groups in total. The lowest BCUT2D eigenvalue weighted by Crippen LogP contribution is -2.36. The van der Waals surface area contributed by atoms with Crippen LogP contribution in [0.5, 0.6) is 0 Å². The van der Waals surface area contributed by atoms with Crippen molar-refractivity contribution in [3.8, 4) is 0 Å².